The molecule has 0 fully saturated rings. The van der Waals surface area contributed by atoms with Crippen LogP contribution in [0.15, 0.2) is 23.3 Å². The summed E-state index contributed by atoms with van der Waals surface area (Å²) in [6.45, 7) is 0. The van der Waals surface area contributed by atoms with Crippen molar-refractivity contribution >= 4 is 23.3 Å². The van der Waals surface area contributed by atoms with Gasteiger partial charge >= 0.3 is 5.97 Å². The third-order valence-electron chi connectivity index (χ3n) is 3.08. The highest BCUT2D eigenvalue weighted by atomic mass is 19.1. The number of benzene rings is 1. The normalized spacial score (nSPS) is 11.0. The van der Waals surface area contributed by atoms with Gasteiger partial charge in [-0.05, 0) is 18.2 Å². The highest BCUT2D eigenvalue weighted by Crippen LogP contribution is 2.21. The number of terminal acetylenes is 1. The van der Waals surface area contributed by atoms with E-state index in [0.29, 0.717) is 10.9 Å². The summed E-state index contributed by atoms with van der Waals surface area (Å²) in [6, 6.07) is 2.85. The van der Waals surface area contributed by atoms with Gasteiger partial charge in [0.1, 0.15) is 5.82 Å². The molecule has 1 heterocycles. The predicted molar refractivity (Wildman–Crippen MR) is 85.8 cm³/mol. The first-order chi connectivity index (χ1) is 11.8. The molecule has 0 bridgehead atoms. The molecular formula is C14H12FN7O3. The number of nitrogen functional groups attached to an aromatic ring is 2. The van der Waals surface area contributed by atoms with Crippen LogP contribution in [-0.2, 0) is 0 Å². The summed E-state index contributed by atoms with van der Waals surface area (Å²) in [6.07, 6.45) is 5.14. The quantitative estimate of drug-likeness (QED) is 0.270. The number of nitrogens with two attached hydrogens (primary N) is 3. The van der Waals surface area contributed by atoms with Gasteiger partial charge in [0, 0.05) is 0 Å². The van der Waals surface area contributed by atoms with Crippen molar-refractivity contribution in [3.05, 3.63) is 46.3 Å². The Labute approximate surface area is 139 Å². The van der Waals surface area contributed by atoms with E-state index in [9.17, 15) is 14.0 Å². The lowest BCUT2D eigenvalue weighted by Crippen LogP contribution is -2.35. The van der Waals surface area contributed by atoms with Crippen molar-refractivity contribution in [3.63, 3.8) is 0 Å². The number of aromatic carboxylic acids is 1. The maximum Gasteiger partial charge on any atom is 0.337 e. The van der Waals surface area contributed by atoms with Crippen molar-refractivity contribution in [2.24, 2.45) is 10.9 Å². The van der Waals surface area contributed by atoms with E-state index in [1.54, 1.807) is 0 Å². The summed E-state index contributed by atoms with van der Waals surface area (Å²) in [4.78, 5) is 24.2. The molecule has 1 aromatic heterocycles. The zero-order chi connectivity index (χ0) is 18.7. The largest absolute Gasteiger partial charge is 0.478 e. The molecule has 1 amide bonds. The first-order valence-electron chi connectivity index (χ1n) is 6.52. The molecule has 11 heteroatoms. The van der Waals surface area contributed by atoms with Gasteiger partial charge in [-0.2, -0.15) is 9.89 Å². The lowest BCUT2D eigenvalue weighted by molar-refractivity contribution is 0.0697. The van der Waals surface area contributed by atoms with Gasteiger partial charge < -0.3 is 27.8 Å². The van der Waals surface area contributed by atoms with Gasteiger partial charge in [0.15, 0.2) is 5.69 Å². The average molecular weight is 345 g/mol. The van der Waals surface area contributed by atoms with Crippen LogP contribution in [0.2, 0.25) is 0 Å². The number of hydrogen-bond acceptors (Lipinski definition) is 7. The van der Waals surface area contributed by atoms with Crippen LogP contribution in [0.3, 0.4) is 0 Å². The Hall–Kier alpha value is -4.07. The molecule has 0 saturated carbocycles. The number of nitrogens with zero attached hydrogens (tertiary/aromatic N) is 3. The summed E-state index contributed by atoms with van der Waals surface area (Å²) in [5.41, 5.74) is 4.35. The van der Waals surface area contributed by atoms with E-state index in [0.717, 1.165) is 12.1 Å². The molecule has 2 aromatic rings. The molecule has 8 N–H and O–H groups in total. The van der Waals surface area contributed by atoms with E-state index in [-0.39, 0.29) is 28.1 Å². The average Bonchev–Trinajstić information content (AvgIpc) is 2.55. The van der Waals surface area contributed by atoms with Gasteiger partial charge in [0.05, 0.1) is 22.5 Å². The second-order valence-corrected chi connectivity index (χ2v) is 4.66. The molecular weight excluding hydrogens is 333 g/mol. The molecule has 0 aliphatic rings. The number of carbonyl (C=O) groups is 2. The van der Waals surface area contributed by atoms with Crippen LogP contribution in [0.5, 0.6) is 0 Å². The number of rotatable bonds is 3. The minimum atomic E-state index is -1.46. The van der Waals surface area contributed by atoms with Crippen LogP contribution in [0.25, 0.3) is 0 Å². The molecule has 0 spiro atoms. The SMILES string of the molecule is C#Cc1cc(NC(=O)c2cc(N)/c(=N/N)n(N)n2)c(C(=O)O)cc1F. The Kier molecular flexibility index (Phi) is 4.55. The van der Waals surface area contributed by atoms with Crippen LogP contribution >= 0.6 is 0 Å². The highest BCUT2D eigenvalue weighted by molar-refractivity contribution is 6.07. The molecule has 1 aromatic carbocycles. The Morgan fingerprint density at radius 1 is 1.40 bits per heavy atom. The summed E-state index contributed by atoms with van der Waals surface area (Å²) in [5, 5.41) is 18.4. The molecule has 0 aliphatic heterocycles. The van der Waals surface area contributed by atoms with Crippen molar-refractivity contribution in [1.82, 2.24) is 9.89 Å². The topological polar surface area (TPSA) is 175 Å². The van der Waals surface area contributed by atoms with Gasteiger partial charge in [-0.1, -0.05) is 5.92 Å². The van der Waals surface area contributed by atoms with Crippen molar-refractivity contribution in [1.29, 1.82) is 0 Å². The highest BCUT2D eigenvalue weighted by Gasteiger charge is 2.18. The number of nitrogens with one attached hydrogen (secondary N) is 1. The number of carbonyl (C=O) groups excluding carboxylic acids is 1. The predicted octanol–water partition coefficient (Wildman–Crippen LogP) is -0.976. The number of aromatic nitrogens is 2. The van der Waals surface area contributed by atoms with E-state index in [1.165, 1.54) is 0 Å². The van der Waals surface area contributed by atoms with Crippen molar-refractivity contribution < 1.29 is 19.1 Å². The minimum absolute atomic E-state index is 0.0352. The van der Waals surface area contributed by atoms with E-state index in [1.807, 2.05) is 5.92 Å². The second kappa shape index (κ2) is 6.59. The van der Waals surface area contributed by atoms with Crippen LogP contribution in [0.1, 0.15) is 26.4 Å². The van der Waals surface area contributed by atoms with E-state index in [2.05, 4.69) is 15.5 Å². The Morgan fingerprint density at radius 3 is 2.60 bits per heavy atom. The maximum absolute atomic E-state index is 13.7. The zero-order valence-corrected chi connectivity index (χ0v) is 12.5. The molecule has 25 heavy (non-hydrogen) atoms. The summed E-state index contributed by atoms with van der Waals surface area (Å²) < 4.78 is 13.7. The fraction of sp³-hybridized carbons (Fsp3) is 0. The molecule has 0 atom stereocenters. The standard InChI is InChI=1S/C14H12FN7O3/c1-2-6-3-10(7(14(24)25)4-8(6)15)19-13(23)11-5-9(16)12(20-17)22(18)21-11/h1,3-5H,16-18H2,(H,19,23)(H,24,25)/b20-12-. The third kappa shape index (κ3) is 3.32. The van der Waals surface area contributed by atoms with Crippen LogP contribution < -0.4 is 28.2 Å². The smallest absolute Gasteiger partial charge is 0.337 e. The molecule has 10 nitrogen and oxygen atoms in total. The van der Waals surface area contributed by atoms with E-state index < -0.39 is 23.3 Å². The molecule has 0 aliphatic carbocycles. The number of carboxylic acid groups (broad SMARTS) is 1. The fourth-order valence-electron chi connectivity index (χ4n) is 1.93. The monoisotopic (exact) mass is 345 g/mol. The number of carboxylic acids is 1. The van der Waals surface area contributed by atoms with E-state index in [4.69, 9.17) is 28.9 Å². The Bertz CT molecular complexity index is 965. The maximum atomic E-state index is 13.7. The first kappa shape index (κ1) is 17.3. The number of halogens is 1. The molecule has 0 radical (unpaired) electrons. The van der Waals surface area contributed by atoms with Gasteiger partial charge in [0.2, 0.25) is 5.49 Å². The van der Waals surface area contributed by atoms with Crippen LogP contribution in [0.4, 0.5) is 15.8 Å². The zero-order valence-electron chi connectivity index (χ0n) is 12.5. The van der Waals surface area contributed by atoms with Crippen molar-refractivity contribution in [2.75, 3.05) is 16.9 Å². The molecule has 128 valence electrons. The molecule has 2 rings (SSSR count). The summed E-state index contributed by atoms with van der Waals surface area (Å²) in [7, 11) is 0. The minimum Gasteiger partial charge on any atom is -0.478 e. The lowest BCUT2D eigenvalue weighted by Gasteiger charge is -2.11. The number of amides is 1. The van der Waals surface area contributed by atoms with Crippen molar-refractivity contribution in [2.45, 2.75) is 0 Å². The summed E-state index contributed by atoms with van der Waals surface area (Å²) in [5.74, 6) is 9.41. The first-order valence-corrected chi connectivity index (χ1v) is 6.52. The van der Waals surface area contributed by atoms with E-state index >= 15 is 0 Å². The lowest BCUT2D eigenvalue weighted by atomic mass is 10.1. The Balaban J connectivity index is 2.48. The second-order valence-electron chi connectivity index (χ2n) is 4.66. The van der Waals surface area contributed by atoms with Crippen molar-refractivity contribution in [3.8, 4) is 12.3 Å². The van der Waals surface area contributed by atoms with Gasteiger partial charge in [-0.15, -0.1) is 11.5 Å². The molecule has 0 unspecified atom stereocenters. The van der Waals surface area contributed by atoms with Crippen LogP contribution in [0, 0.1) is 18.2 Å². The molecule has 0 saturated heterocycles. The summed E-state index contributed by atoms with van der Waals surface area (Å²) >= 11 is 0. The number of hydrogen-bond donors (Lipinski definition) is 5. The third-order valence-corrected chi connectivity index (χ3v) is 3.08. The number of anilines is 2. The van der Waals surface area contributed by atoms with Gasteiger partial charge in [0.25, 0.3) is 5.91 Å². The Morgan fingerprint density at radius 2 is 2.08 bits per heavy atom. The van der Waals surface area contributed by atoms with Gasteiger partial charge in [-0.25, -0.2) is 9.18 Å². The fourth-order valence-corrected chi connectivity index (χ4v) is 1.93. The van der Waals surface area contributed by atoms with Crippen LogP contribution in [-0.4, -0.2) is 26.9 Å². The van der Waals surface area contributed by atoms with Gasteiger partial charge in [-0.3, -0.25) is 4.79 Å².